The summed E-state index contributed by atoms with van der Waals surface area (Å²) in [5.41, 5.74) is 0.955. The maximum Gasteiger partial charge on any atom is 0.138 e. The van der Waals surface area contributed by atoms with E-state index in [1.807, 2.05) is 41.9 Å². The lowest BCUT2D eigenvalue weighted by Gasteiger charge is -2.19. The van der Waals surface area contributed by atoms with E-state index in [0.717, 1.165) is 30.8 Å². The van der Waals surface area contributed by atoms with Gasteiger partial charge >= 0.3 is 0 Å². The van der Waals surface area contributed by atoms with Crippen LogP contribution in [0.15, 0.2) is 36.7 Å². The highest BCUT2D eigenvalue weighted by atomic mass is 16.3. The van der Waals surface area contributed by atoms with Crippen molar-refractivity contribution in [2.24, 2.45) is 5.92 Å². The summed E-state index contributed by atoms with van der Waals surface area (Å²) in [4.78, 5) is 4.29. The average molecular weight is 259 g/mol. The van der Waals surface area contributed by atoms with E-state index in [4.69, 9.17) is 0 Å². The van der Waals surface area contributed by atoms with E-state index in [-0.39, 0.29) is 5.92 Å². The molecule has 0 aliphatic heterocycles. The van der Waals surface area contributed by atoms with Crippen molar-refractivity contribution < 1.29 is 5.11 Å². The van der Waals surface area contributed by atoms with Crippen LogP contribution in [0.3, 0.4) is 0 Å². The number of aliphatic hydroxyl groups is 1. The molecule has 1 aromatic carbocycles. The zero-order valence-corrected chi connectivity index (χ0v) is 11.5. The maximum atomic E-state index is 10.4. The molecule has 4 nitrogen and oxygen atoms in total. The van der Waals surface area contributed by atoms with Gasteiger partial charge in [0, 0.05) is 13.0 Å². The zero-order chi connectivity index (χ0) is 13.7. The molecule has 1 N–H and O–H groups in total. The second-order valence-corrected chi connectivity index (χ2v) is 4.94. The predicted molar refractivity (Wildman–Crippen MR) is 74.6 cm³/mol. The number of aliphatic hydroxyl groups excluding tert-OH is 1. The summed E-state index contributed by atoms with van der Waals surface area (Å²) < 4.78 is 1.92. The van der Waals surface area contributed by atoms with Crippen LogP contribution < -0.4 is 0 Å². The third-order valence-corrected chi connectivity index (χ3v) is 3.32. The first kappa shape index (κ1) is 13.7. The third-order valence-electron chi connectivity index (χ3n) is 3.32. The monoisotopic (exact) mass is 259 g/mol. The highest BCUT2D eigenvalue weighted by Gasteiger charge is 2.18. The fourth-order valence-electron chi connectivity index (χ4n) is 2.22. The van der Waals surface area contributed by atoms with Crippen molar-refractivity contribution in [1.29, 1.82) is 0 Å². The standard InChI is InChI=1S/C15H21N3O/c1-3-9-18-14(16-11-17-18)10-12(2)15(19)13-7-5-4-6-8-13/h4-8,11-12,15,19H,3,9-10H2,1-2H3. The minimum Gasteiger partial charge on any atom is -0.388 e. The molecule has 0 aliphatic rings. The van der Waals surface area contributed by atoms with Crippen LogP contribution in [0, 0.1) is 5.92 Å². The van der Waals surface area contributed by atoms with Gasteiger partial charge in [-0.2, -0.15) is 5.10 Å². The topological polar surface area (TPSA) is 50.9 Å². The van der Waals surface area contributed by atoms with Crippen LogP contribution in [0.4, 0.5) is 0 Å². The summed E-state index contributed by atoms with van der Waals surface area (Å²) in [6.45, 7) is 5.04. The number of rotatable bonds is 6. The van der Waals surface area contributed by atoms with E-state index >= 15 is 0 Å². The third kappa shape index (κ3) is 3.41. The van der Waals surface area contributed by atoms with Crippen LogP contribution in [0.25, 0.3) is 0 Å². The molecular formula is C15H21N3O. The molecule has 4 heteroatoms. The molecule has 0 amide bonds. The molecule has 2 rings (SSSR count). The van der Waals surface area contributed by atoms with E-state index in [0.29, 0.717) is 0 Å². The smallest absolute Gasteiger partial charge is 0.138 e. The van der Waals surface area contributed by atoms with Crippen LogP contribution in [0.2, 0.25) is 0 Å². The Morgan fingerprint density at radius 1 is 1.26 bits per heavy atom. The van der Waals surface area contributed by atoms with Crippen molar-refractivity contribution in [2.45, 2.75) is 39.3 Å². The van der Waals surface area contributed by atoms with Crippen molar-refractivity contribution in [3.05, 3.63) is 48.0 Å². The largest absolute Gasteiger partial charge is 0.388 e. The molecule has 0 saturated heterocycles. The van der Waals surface area contributed by atoms with Gasteiger partial charge in [-0.3, -0.25) is 4.68 Å². The Kier molecular flexibility index (Phi) is 4.68. The Balaban J connectivity index is 2.04. The van der Waals surface area contributed by atoms with Gasteiger partial charge in [0.1, 0.15) is 12.2 Å². The molecular weight excluding hydrogens is 238 g/mol. The van der Waals surface area contributed by atoms with Crippen molar-refractivity contribution in [3.63, 3.8) is 0 Å². The Bertz CT molecular complexity index is 495. The number of benzene rings is 1. The van der Waals surface area contributed by atoms with Gasteiger partial charge in [-0.25, -0.2) is 4.98 Å². The lowest BCUT2D eigenvalue weighted by molar-refractivity contribution is 0.116. The highest BCUT2D eigenvalue weighted by Crippen LogP contribution is 2.24. The molecule has 1 heterocycles. The number of aryl methyl sites for hydroxylation is 1. The molecule has 2 atom stereocenters. The SMILES string of the molecule is CCCn1ncnc1CC(C)C(O)c1ccccc1. The minimum absolute atomic E-state index is 0.113. The zero-order valence-electron chi connectivity index (χ0n) is 11.5. The fourth-order valence-corrected chi connectivity index (χ4v) is 2.22. The van der Waals surface area contributed by atoms with Crippen LogP contribution in [0.5, 0.6) is 0 Å². The Morgan fingerprint density at radius 2 is 2.00 bits per heavy atom. The molecule has 0 fully saturated rings. The normalized spacial score (nSPS) is 14.3. The first-order valence-electron chi connectivity index (χ1n) is 6.82. The number of nitrogens with zero attached hydrogens (tertiary/aromatic N) is 3. The van der Waals surface area contributed by atoms with Crippen LogP contribution in [-0.4, -0.2) is 19.9 Å². The quantitative estimate of drug-likeness (QED) is 0.867. The van der Waals surface area contributed by atoms with Crippen molar-refractivity contribution in [1.82, 2.24) is 14.8 Å². The molecule has 0 aliphatic carbocycles. The van der Waals surface area contributed by atoms with Crippen LogP contribution in [0.1, 0.15) is 37.8 Å². The summed E-state index contributed by atoms with van der Waals surface area (Å²) in [6, 6.07) is 9.77. The number of aromatic nitrogens is 3. The summed E-state index contributed by atoms with van der Waals surface area (Å²) in [5, 5.41) is 14.6. The second-order valence-electron chi connectivity index (χ2n) is 4.94. The lowest BCUT2D eigenvalue weighted by Crippen LogP contribution is -2.15. The predicted octanol–water partition coefficient (Wildman–Crippen LogP) is 2.60. The Hall–Kier alpha value is -1.68. The Morgan fingerprint density at radius 3 is 2.68 bits per heavy atom. The molecule has 0 spiro atoms. The molecule has 19 heavy (non-hydrogen) atoms. The van der Waals surface area contributed by atoms with Gasteiger partial charge in [-0.1, -0.05) is 44.2 Å². The van der Waals surface area contributed by atoms with Gasteiger partial charge in [-0.15, -0.1) is 0 Å². The van der Waals surface area contributed by atoms with Gasteiger partial charge in [0.05, 0.1) is 6.10 Å². The van der Waals surface area contributed by atoms with Crippen molar-refractivity contribution in [2.75, 3.05) is 0 Å². The van der Waals surface area contributed by atoms with E-state index in [9.17, 15) is 5.11 Å². The molecule has 2 unspecified atom stereocenters. The van der Waals surface area contributed by atoms with E-state index < -0.39 is 6.10 Å². The maximum absolute atomic E-state index is 10.4. The summed E-state index contributed by atoms with van der Waals surface area (Å²) in [6.07, 6.45) is 2.89. The molecule has 2 aromatic rings. The fraction of sp³-hybridized carbons (Fsp3) is 0.467. The molecule has 1 aromatic heterocycles. The molecule has 0 bridgehead atoms. The van der Waals surface area contributed by atoms with Crippen LogP contribution >= 0.6 is 0 Å². The molecule has 102 valence electrons. The van der Waals surface area contributed by atoms with Gasteiger partial charge in [0.25, 0.3) is 0 Å². The van der Waals surface area contributed by atoms with Crippen LogP contribution in [-0.2, 0) is 13.0 Å². The van der Waals surface area contributed by atoms with Gasteiger partial charge in [0.2, 0.25) is 0 Å². The average Bonchev–Trinajstić information content (AvgIpc) is 2.86. The van der Waals surface area contributed by atoms with Gasteiger partial charge in [-0.05, 0) is 17.9 Å². The first-order valence-corrected chi connectivity index (χ1v) is 6.82. The van der Waals surface area contributed by atoms with E-state index in [2.05, 4.69) is 17.0 Å². The highest BCUT2D eigenvalue weighted by molar-refractivity contribution is 5.18. The molecule has 0 saturated carbocycles. The van der Waals surface area contributed by atoms with Gasteiger partial charge in [0.15, 0.2) is 0 Å². The van der Waals surface area contributed by atoms with Gasteiger partial charge < -0.3 is 5.11 Å². The molecule has 0 radical (unpaired) electrons. The summed E-state index contributed by atoms with van der Waals surface area (Å²) in [5.74, 6) is 1.06. The van der Waals surface area contributed by atoms with Crippen molar-refractivity contribution in [3.8, 4) is 0 Å². The van der Waals surface area contributed by atoms with E-state index in [1.165, 1.54) is 0 Å². The number of hydrogen-bond donors (Lipinski definition) is 1. The first-order chi connectivity index (χ1) is 9.22. The second kappa shape index (κ2) is 6.48. The van der Waals surface area contributed by atoms with Crippen molar-refractivity contribution >= 4 is 0 Å². The summed E-state index contributed by atoms with van der Waals surface area (Å²) >= 11 is 0. The number of hydrogen-bond acceptors (Lipinski definition) is 3. The summed E-state index contributed by atoms with van der Waals surface area (Å²) in [7, 11) is 0. The minimum atomic E-state index is -0.465. The lowest BCUT2D eigenvalue weighted by atomic mass is 9.94. The van der Waals surface area contributed by atoms with E-state index in [1.54, 1.807) is 6.33 Å². The Labute approximate surface area is 114 Å².